The van der Waals surface area contributed by atoms with Crippen LogP contribution >= 0.6 is 0 Å². The van der Waals surface area contributed by atoms with Crippen LogP contribution in [-0.2, 0) is 13.6 Å². The summed E-state index contributed by atoms with van der Waals surface area (Å²) in [4.78, 5) is 0. The van der Waals surface area contributed by atoms with Gasteiger partial charge in [0.2, 0.25) is 0 Å². The molecule has 0 saturated carbocycles. The van der Waals surface area contributed by atoms with Gasteiger partial charge < -0.3 is 5.32 Å². The molecule has 0 unspecified atom stereocenters. The van der Waals surface area contributed by atoms with Gasteiger partial charge in [-0.05, 0) is 6.07 Å². The second kappa shape index (κ2) is 2.87. The van der Waals surface area contributed by atoms with Gasteiger partial charge in [0.15, 0.2) is 6.19 Å². The molecule has 0 radical (unpaired) electrons. The first kappa shape index (κ1) is 6.62. The Hall–Kier alpha value is -1.50. The van der Waals surface area contributed by atoms with Gasteiger partial charge in [-0.1, -0.05) is 0 Å². The van der Waals surface area contributed by atoms with Crippen molar-refractivity contribution in [1.82, 2.24) is 15.1 Å². The maximum absolute atomic E-state index is 8.14. The summed E-state index contributed by atoms with van der Waals surface area (Å²) in [6.45, 7) is 0.511. The second-order valence-electron chi connectivity index (χ2n) is 1.95. The molecule has 4 nitrogen and oxygen atoms in total. The summed E-state index contributed by atoms with van der Waals surface area (Å²) in [7, 11) is 1.84. The highest BCUT2D eigenvalue weighted by Gasteiger charge is 1.92. The molecule has 1 heterocycles. The Labute approximate surface area is 59.1 Å². The average molecular weight is 136 g/mol. The van der Waals surface area contributed by atoms with Gasteiger partial charge in [-0.2, -0.15) is 10.4 Å². The fourth-order valence-electron chi connectivity index (χ4n) is 0.688. The molecule has 1 aromatic rings. The Kier molecular flexibility index (Phi) is 1.90. The van der Waals surface area contributed by atoms with Gasteiger partial charge in [0, 0.05) is 13.2 Å². The van der Waals surface area contributed by atoms with E-state index in [-0.39, 0.29) is 0 Å². The van der Waals surface area contributed by atoms with E-state index in [1.807, 2.05) is 25.5 Å². The smallest absolute Gasteiger partial charge is 0.176 e. The van der Waals surface area contributed by atoms with Gasteiger partial charge in [-0.25, -0.2) is 0 Å². The van der Waals surface area contributed by atoms with Crippen LogP contribution in [0.5, 0.6) is 0 Å². The molecule has 0 atom stereocenters. The van der Waals surface area contributed by atoms with Gasteiger partial charge in [0.25, 0.3) is 0 Å². The lowest BCUT2D eigenvalue weighted by atomic mass is 10.4. The van der Waals surface area contributed by atoms with Crippen LogP contribution in [0.2, 0.25) is 0 Å². The molecule has 0 spiro atoms. The largest absolute Gasteiger partial charge is 0.318 e. The van der Waals surface area contributed by atoms with E-state index in [0.717, 1.165) is 5.69 Å². The molecule has 1 rings (SSSR count). The molecule has 1 N–H and O–H groups in total. The maximum Gasteiger partial charge on any atom is 0.176 e. The van der Waals surface area contributed by atoms with Crippen LogP contribution in [0.25, 0.3) is 0 Å². The lowest BCUT2D eigenvalue weighted by Crippen LogP contribution is -2.05. The number of hydrogen-bond donors (Lipinski definition) is 1. The topological polar surface area (TPSA) is 53.6 Å². The highest BCUT2D eigenvalue weighted by molar-refractivity contribution is 4.98. The Bertz CT molecular complexity index is 244. The van der Waals surface area contributed by atoms with E-state index < -0.39 is 0 Å². The quantitative estimate of drug-likeness (QED) is 0.459. The van der Waals surface area contributed by atoms with Gasteiger partial charge >= 0.3 is 0 Å². The molecule has 0 saturated heterocycles. The van der Waals surface area contributed by atoms with Crippen molar-refractivity contribution in [3.05, 3.63) is 18.0 Å². The van der Waals surface area contributed by atoms with E-state index in [0.29, 0.717) is 6.54 Å². The third kappa shape index (κ3) is 1.49. The van der Waals surface area contributed by atoms with Crippen molar-refractivity contribution in [2.24, 2.45) is 7.05 Å². The summed E-state index contributed by atoms with van der Waals surface area (Å²) in [5, 5.41) is 14.7. The van der Waals surface area contributed by atoms with Gasteiger partial charge in [-0.15, -0.1) is 0 Å². The first-order valence-corrected chi connectivity index (χ1v) is 2.93. The number of nitriles is 1. The van der Waals surface area contributed by atoms with Crippen LogP contribution in [0.1, 0.15) is 5.69 Å². The van der Waals surface area contributed by atoms with Gasteiger partial charge in [-0.3, -0.25) is 4.68 Å². The predicted molar refractivity (Wildman–Crippen MR) is 35.7 cm³/mol. The maximum atomic E-state index is 8.14. The van der Waals surface area contributed by atoms with Gasteiger partial charge in [0.05, 0.1) is 12.2 Å². The molecular weight excluding hydrogens is 128 g/mol. The number of hydrogen-bond acceptors (Lipinski definition) is 3. The van der Waals surface area contributed by atoms with Crippen LogP contribution in [0.15, 0.2) is 12.3 Å². The highest BCUT2D eigenvalue weighted by Crippen LogP contribution is 1.91. The highest BCUT2D eigenvalue weighted by atomic mass is 15.3. The Balaban J connectivity index is 2.52. The van der Waals surface area contributed by atoms with Crippen molar-refractivity contribution < 1.29 is 0 Å². The third-order valence-corrected chi connectivity index (χ3v) is 1.12. The molecule has 0 aromatic carbocycles. The van der Waals surface area contributed by atoms with Crippen molar-refractivity contribution >= 4 is 0 Å². The summed E-state index contributed by atoms with van der Waals surface area (Å²) in [5.41, 5.74) is 0.879. The fraction of sp³-hybridized carbons (Fsp3) is 0.333. The van der Waals surface area contributed by atoms with Crippen molar-refractivity contribution in [3.63, 3.8) is 0 Å². The minimum Gasteiger partial charge on any atom is -0.318 e. The number of nitrogens with zero attached hydrogens (tertiary/aromatic N) is 3. The summed E-state index contributed by atoms with van der Waals surface area (Å²) < 4.78 is 1.70. The summed E-state index contributed by atoms with van der Waals surface area (Å²) in [5.74, 6) is 0. The molecule has 4 heteroatoms. The fourth-order valence-corrected chi connectivity index (χ4v) is 0.688. The zero-order chi connectivity index (χ0) is 7.40. The summed E-state index contributed by atoms with van der Waals surface area (Å²) in [6.07, 6.45) is 3.67. The van der Waals surface area contributed by atoms with Crippen molar-refractivity contribution in [3.8, 4) is 6.19 Å². The molecule has 0 bridgehead atoms. The Morgan fingerprint density at radius 1 is 1.90 bits per heavy atom. The second-order valence-corrected chi connectivity index (χ2v) is 1.95. The number of rotatable bonds is 2. The molecule has 52 valence electrons. The van der Waals surface area contributed by atoms with E-state index in [2.05, 4.69) is 10.4 Å². The van der Waals surface area contributed by atoms with Crippen molar-refractivity contribution in [2.45, 2.75) is 6.54 Å². The molecule has 0 amide bonds. The first-order chi connectivity index (χ1) is 4.83. The zero-order valence-electron chi connectivity index (χ0n) is 5.70. The van der Waals surface area contributed by atoms with E-state index in [4.69, 9.17) is 5.26 Å². The van der Waals surface area contributed by atoms with E-state index >= 15 is 0 Å². The summed E-state index contributed by atoms with van der Waals surface area (Å²) in [6, 6.07) is 1.87. The van der Waals surface area contributed by atoms with E-state index in [1.54, 1.807) is 4.68 Å². The monoisotopic (exact) mass is 136 g/mol. The summed E-state index contributed by atoms with van der Waals surface area (Å²) >= 11 is 0. The first-order valence-electron chi connectivity index (χ1n) is 2.93. The zero-order valence-corrected chi connectivity index (χ0v) is 5.70. The molecular formula is C6H8N4. The normalized spacial score (nSPS) is 8.80. The Morgan fingerprint density at radius 3 is 3.20 bits per heavy atom. The lowest BCUT2D eigenvalue weighted by molar-refractivity contribution is 0.726. The Morgan fingerprint density at radius 2 is 2.70 bits per heavy atom. The molecule has 1 aromatic heterocycles. The minimum atomic E-state index is 0.511. The molecule has 0 fully saturated rings. The molecule has 0 aliphatic rings. The van der Waals surface area contributed by atoms with E-state index in [1.165, 1.54) is 0 Å². The van der Waals surface area contributed by atoms with Crippen molar-refractivity contribution in [2.75, 3.05) is 0 Å². The molecule has 0 aliphatic carbocycles. The SMILES string of the molecule is Cn1ccc(CNC#N)n1. The number of aryl methyl sites for hydroxylation is 1. The molecule has 10 heavy (non-hydrogen) atoms. The number of aromatic nitrogens is 2. The van der Waals surface area contributed by atoms with Gasteiger partial charge in [0.1, 0.15) is 0 Å². The van der Waals surface area contributed by atoms with E-state index in [9.17, 15) is 0 Å². The van der Waals surface area contributed by atoms with Crippen LogP contribution in [0.3, 0.4) is 0 Å². The lowest BCUT2D eigenvalue weighted by Gasteiger charge is -1.89. The van der Waals surface area contributed by atoms with Crippen molar-refractivity contribution in [1.29, 1.82) is 5.26 Å². The number of nitrogens with one attached hydrogen (secondary N) is 1. The van der Waals surface area contributed by atoms with Crippen LogP contribution in [0, 0.1) is 11.5 Å². The standard InChI is InChI=1S/C6H8N4/c1-10-3-2-6(9-10)4-8-5-7/h2-3,8H,4H2,1H3. The van der Waals surface area contributed by atoms with Crippen LogP contribution in [0.4, 0.5) is 0 Å². The third-order valence-electron chi connectivity index (χ3n) is 1.12. The average Bonchev–Trinajstić information content (AvgIpc) is 2.31. The molecule has 0 aliphatic heterocycles. The minimum absolute atomic E-state index is 0.511. The van der Waals surface area contributed by atoms with Crippen LogP contribution < -0.4 is 5.32 Å². The predicted octanol–water partition coefficient (Wildman–Crippen LogP) is -0.00922. The van der Waals surface area contributed by atoms with Crippen LogP contribution in [-0.4, -0.2) is 9.78 Å².